The van der Waals surface area contributed by atoms with Gasteiger partial charge in [-0.05, 0) is 65.2 Å². The molecule has 0 radical (unpaired) electrons. The normalized spacial score (nSPS) is 10.2. The van der Waals surface area contributed by atoms with Crippen molar-refractivity contribution in [2.75, 3.05) is 5.32 Å². The Balaban J connectivity index is 2.22. The second-order valence-electron chi connectivity index (χ2n) is 4.16. The summed E-state index contributed by atoms with van der Waals surface area (Å²) in [5, 5.41) is 2.78. The maximum absolute atomic E-state index is 12.1. The average molecular weight is 305 g/mol. The number of carbonyl (C=O) groups is 1. The second-order valence-corrected chi connectivity index (χ2v) is 5.01. The van der Waals surface area contributed by atoms with Crippen LogP contribution in [0.15, 0.2) is 41.0 Å². The van der Waals surface area contributed by atoms with Crippen molar-refractivity contribution in [3.05, 3.63) is 57.7 Å². The number of amides is 1. The lowest BCUT2D eigenvalue weighted by Gasteiger charge is -2.07. The van der Waals surface area contributed by atoms with Crippen LogP contribution in [0, 0.1) is 13.8 Å². The first kappa shape index (κ1) is 12.8. The summed E-state index contributed by atoms with van der Waals surface area (Å²) in [6, 6.07) is 9.34. The molecular weight excluding hydrogens is 292 g/mol. The molecular formula is C14H13BrN2O. The lowest BCUT2D eigenvalue weighted by Crippen LogP contribution is -2.13. The Bertz CT molecular complexity index is 596. The number of halogens is 1. The first-order valence-electron chi connectivity index (χ1n) is 5.56. The molecule has 0 aliphatic carbocycles. The molecule has 0 atom stereocenters. The Morgan fingerprint density at radius 1 is 1.17 bits per heavy atom. The third-order valence-electron chi connectivity index (χ3n) is 2.53. The van der Waals surface area contributed by atoms with Crippen LogP contribution in [0.3, 0.4) is 0 Å². The molecule has 1 N–H and O–H groups in total. The summed E-state index contributed by atoms with van der Waals surface area (Å²) in [5.74, 6) is 0.396. The molecule has 0 unspecified atom stereocenters. The topological polar surface area (TPSA) is 42.0 Å². The van der Waals surface area contributed by atoms with Crippen molar-refractivity contribution in [1.82, 2.24) is 4.98 Å². The van der Waals surface area contributed by atoms with Gasteiger partial charge in [0.2, 0.25) is 0 Å². The van der Waals surface area contributed by atoms with E-state index in [-0.39, 0.29) is 5.91 Å². The van der Waals surface area contributed by atoms with E-state index in [0.29, 0.717) is 11.4 Å². The molecule has 18 heavy (non-hydrogen) atoms. The minimum Gasteiger partial charge on any atom is -0.307 e. The highest BCUT2D eigenvalue weighted by Gasteiger charge is 2.10. The van der Waals surface area contributed by atoms with Gasteiger partial charge in [-0.1, -0.05) is 6.07 Å². The zero-order chi connectivity index (χ0) is 13.1. The van der Waals surface area contributed by atoms with Gasteiger partial charge in [0, 0.05) is 10.7 Å². The van der Waals surface area contributed by atoms with Crippen molar-refractivity contribution >= 4 is 27.7 Å². The molecule has 0 spiro atoms. The second kappa shape index (κ2) is 5.31. The minimum atomic E-state index is -0.167. The van der Waals surface area contributed by atoms with Gasteiger partial charge in [-0.3, -0.25) is 4.79 Å². The predicted molar refractivity (Wildman–Crippen MR) is 75.8 cm³/mol. The summed E-state index contributed by atoms with van der Waals surface area (Å²) in [6.07, 6.45) is 1.68. The third-order valence-corrected chi connectivity index (χ3v) is 3.18. The first-order chi connectivity index (χ1) is 8.56. The summed E-state index contributed by atoms with van der Waals surface area (Å²) in [4.78, 5) is 16.2. The fourth-order valence-corrected chi connectivity index (χ4v) is 2.27. The monoisotopic (exact) mass is 304 g/mol. The number of pyridine rings is 1. The van der Waals surface area contributed by atoms with Gasteiger partial charge < -0.3 is 5.32 Å². The van der Waals surface area contributed by atoms with E-state index in [1.54, 1.807) is 12.3 Å². The van der Waals surface area contributed by atoms with Crippen molar-refractivity contribution in [1.29, 1.82) is 0 Å². The van der Waals surface area contributed by atoms with E-state index in [4.69, 9.17) is 0 Å². The molecule has 92 valence electrons. The van der Waals surface area contributed by atoms with Gasteiger partial charge in [-0.15, -0.1) is 0 Å². The number of carbonyl (C=O) groups excluding carboxylic acids is 1. The zero-order valence-corrected chi connectivity index (χ0v) is 11.8. The molecule has 2 rings (SSSR count). The van der Waals surface area contributed by atoms with Gasteiger partial charge in [-0.2, -0.15) is 0 Å². The molecule has 1 amide bonds. The van der Waals surface area contributed by atoms with Crippen LogP contribution in [0.5, 0.6) is 0 Å². The summed E-state index contributed by atoms with van der Waals surface area (Å²) in [5.41, 5.74) is 2.76. The molecule has 0 fully saturated rings. The van der Waals surface area contributed by atoms with Crippen molar-refractivity contribution in [3.63, 3.8) is 0 Å². The molecule has 0 aliphatic heterocycles. The molecule has 0 saturated heterocycles. The van der Waals surface area contributed by atoms with Crippen LogP contribution in [-0.4, -0.2) is 10.9 Å². The highest BCUT2D eigenvalue weighted by Crippen LogP contribution is 2.19. The molecule has 3 nitrogen and oxygen atoms in total. The Morgan fingerprint density at radius 2 is 1.89 bits per heavy atom. The van der Waals surface area contributed by atoms with Crippen molar-refractivity contribution in [2.45, 2.75) is 13.8 Å². The van der Waals surface area contributed by atoms with Crippen LogP contribution >= 0.6 is 15.9 Å². The maximum atomic E-state index is 12.1. The van der Waals surface area contributed by atoms with E-state index >= 15 is 0 Å². The molecule has 4 heteroatoms. The minimum absolute atomic E-state index is 0.167. The summed E-state index contributed by atoms with van der Waals surface area (Å²) in [7, 11) is 0. The molecule has 2 aromatic rings. The number of nitrogens with zero attached hydrogens (tertiary/aromatic N) is 1. The average Bonchev–Trinajstić information content (AvgIpc) is 2.28. The molecule has 1 heterocycles. The van der Waals surface area contributed by atoms with Crippen LogP contribution in [0.1, 0.15) is 21.5 Å². The smallest absolute Gasteiger partial charge is 0.257 e. The molecule has 1 aromatic heterocycles. The summed E-state index contributed by atoms with van der Waals surface area (Å²) < 4.78 is 0.785. The third kappa shape index (κ3) is 2.96. The first-order valence-corrected chi connectivity index (χ1v) is 6.36. The van der Waals surface area contributed by atoms with Gasteiger partial charge in [0.15, 0.2) is 0 Å². The number of rotatable bonds is 2. The van der Waals surface area contributed by atoms with Gasteiger partial charge in [0.05, 0.1) is 5.56 Å². The van der Waals surface area contributed by atoms with E-state index in [9.17, 15) is 4.79 Å². The van der Waals surface area contributed by atoms with E-state index in [1.807, 2.05) is 38.1 Å². The lowest BCUT2D eigenvalue weighted by atomic mass is 10.1. The van der Waals surface area contributed by atoms with Crippen LogP contribution in [0.25, 0.3) is 0 Å². The molecule has 0 saturated carbocycles. The number of anilines is 1. The van der Waals surface area contributed by atoms with Gasteiger partial charge in [-0.25, -0.2) is 4.98 Å². The van der Waals surface area contributed by atoms with Crippen LogP contribution < -0.4 is 5.32 Å². The van der Waals surface area contributed by atoms with E-state index in [0.717, 1.165) is 15.6 Å². The molecule has 1 aromatic carbocycles. The van der Waals surface area contributed by atoms with E-state index in [1.165, 1.54) is 0 Å². The lowest BCUT2D eigenvalue weighted by molar-refractivity contribution is 0.102. The quantitative estimate of drug-likeness (QED) is 0.919. The van der Waals surface area contributed by atoms with Gasteiger partial charge in [0.1, 0.15) is 5.82 Å². The highest BCUT2D eigenvalue weighted by molar-refractivity contribution is 9.10. The van der Waals surface area contributed by atoms with Gasteiger partial charge >= 0.3 is 0 Å². The summed E-state index contributed by atoms with van der Waals surface area (Å²) in [6.45, 7) is 3.94. The number of aryl methyl sites for hydroxylation is 2. The largest absolute Gasteiger partial charge is 0.307 e. The summed E-state index contributed by atoms with van der Waals surface area (Å²) >= 11 is 3.39. The Morgan fingerprint density at radius 3 is 2.56 bits per heavy atom. The number of benzene rings is 1. The SMILES string of the molecule is Cc1ccnc(NC(=O)c2ccc(C)cc2Br)c1. The standard InChI is InChI=1S/C14H13BrN2O/c1-9-3-4-11(12(15)7-9)14(18)17-13-8-10(2)5-6-16-13/h3-8H,1-2H3,(H,16,17,18). The molecule has 0 bridgehead atoms. The number of hydrogen-bond donors (Lipinski definition) is 1. The van der Waals surface area contributed by atoms with Crippen LogP contribution in [0.2, 0.25) is 0 Å². The number of hydrogen-bond acceptors (Lipinski definition) is 2. The van der Waals surface area contributed by atoms with E-state index in [2.05, 4.69) is 26.2 Å². The fourth-order valence-electron chi connectivity index (χ4n) is 1.59. The fraction of sp³-hybridized carbons (Fsp3) is 0.143. The van der Waals surface area contributed by atoms with Crippen molar-refractivity contribution in [2.24, 2.45) is 0 Å². The Labute approximate surface area is 114 Å². The molecule has 0 aliphatic rings. The highest BCUT2D eigenvalue weighted by atomic mass is 79.9. The van der Waals surface area contributed by atoms with Crippen LogP contribution in [0.4, 0.5) is 5.82 Å². The Kier molecular flexibility index (Phi) is 3.77. The van der Waals surface area contributed by atoms with Crippen LogP contribution in [-0.2, 0) is 0 Å². The van der Waals surface area contributed by atoms with E-state index < -0.39 is 0 Å². The number of nitrogens with one attached hydrogen (secondary N) is 1. The zero-order valence-electron chi connectivity index (χ0n) is 10.2. The Hall–Kier alpha value is -1.68. The predicted octanol–water partition coefficient (Wildman–Crippen LogP) is 3.71. The van der Waals surface area contributed by atoms with Crippen molar-refractivity contribution < 1.29 is 4.79 Å². The maximum Gasteiger partial charge on any atom is 0.257 e. The van der Waals surface area contributed by atoms with Gasteiger partial charge in [0.25, 0.3) is 5.91 Å². The van der Waals surface area contributed by atoms with Crippen molar-refractivity contribution in [3.8, 4) is 0 Å². The number of aromatic nitrogens is 1.